The molecule has 2 aliphatic rings. The van der Waals surface area contributed by atoms with Crippen molar-refractivity contribution < 1.29 is 14.7 Å². The molecule has 2 atom stereocenters. The molecule has 0 radical (unpaired) electrons. The Morgan fingerprint density at radius 1 is 1.16 bits per heavy atom. The molecule has 0 bridgehead atoms. The maximum Gasteiger partial charge on any atom is 0.328 e. The van der Waals surface area contributed by atoms with Crippen LogP contribution in [-0.2, 0) is 22.4 Å². The molecule has 200 valence electrons. The molecule has 38 heavy (non-hydrogen) atoms. The molecular weight excluding hydrogens is 482 g/mol. The Labute approximate surface area is 222 Å². The van der Waals surface area contributed by atoms with Gasteiger partial charge in [-0.25, -0.2) is 19.7 Å². The number of fused-ring (bicyclic) bond motifs is 2. The van der Waals surface area contributed by atoms with E-state index in [0.717, 1.165) is 80.6 Å². The van der Waals surface area contributed by atoms with Gasteiger partial charge < -0.3 is 26.0 Å². The highest BCUT2D eigenvalue weighted by Crippen LogP contribution is 2.22. The number of amides is 1. The largest absolute Gasteiger partial charge is 0.480 e. The Bertz CT molecular complexity index is 1280. The Balaban J connectivity index is 1.10. The standard InChI is InChI=1S/C28H35N7O3/c36-27(30-16-24(28(37)38)34-26-22-9-1-2-10-23(22)31-18-32-26)20-7-4-14-35(17-20)15-5-8-21-12-11-19-6-3-13-29-25(19)33-21/h1-2,9-12,18,20,24H,3-8,13-17H2,(H,29,33)(H,30,36)(H,37,38)(H,31,32,34)/t20-,24+/m1/s1. The topological polar surface area (TPSA) is 132 Å². The van der Waals surface area contributed by atoms with E-state index in [1.54, 1.807) is 0 Å². The summed E-state index contributed by atoms with van der Waals surface area (Å²) in [5.41, 5.74) is 3.13. The molecule has 4 N–H and O–H groups in total. The number of aryl methyl sites for hydroxylation is 2. The van der Waals surface area contributed by atoms with Crippen molar-refractivity contribution >= 4 is 34.4 Å². The van der Waals surface area contributed by atoms with Crippen LogP contribution in [0.15, 0.2) is 42.7 Å². The van der Waals surface area contributed by atoms with Crippen LogP contribution >= 0.6 is 0 Å². The summed E-state index contributed by atoms with van der Waals surface area (Å²) in [5.74, 6) is 0.168. The zero-order valence-corrected chi connectivity index (χ0v) is 21.5. The van der Waals surface area contributed by atoms with Crippen LogP contribution in [0.25, 0.3) is 10.9 Å². The molecule has 1 fully saturated rings. The molecule has 2 aromatic heterocycles. The van der Waals surface area contributed by atoms with Gasteiger partial charge in [-0.05, 0) is 75.4 Å². The number of carboxylic acids is 1. The van der Waals surface area contributed by atoms with Gasteiger partial charge in [-0.2, -0.15) is 0 Å². The van der Waals surface area contributed by atoms with Crippen molar-refractivity contribution in [1.29, 1.82) is 0 Å². The van der Waals surface area contributed by atoms with Crippen molar-refractivity contribution in [3.05, 3.63) is 54.0 Å². The summed E-state index contributed by atoms with van der Waals surface area (Å²) >= 11 is 0. The van der Waals surface area contributed by atoms with E-state index in [2.05, 4.69) is 43.0 Å². The number of nitrogens with zero attached hydrogens (tertiary/aromatic N) is 4. The first-order valence-electron chi connectivity index (χ1n) is 13.5. The van der Waals surface area contributed by atoms with Crippen molar-refractivity contribution in [1.82, 2.24) is 25.2 Å². The predicted octanol–water partition coefficient (Wildman–Crippen LogP) is 2.71. The SMILES string of the molecule is O=C(NC[C@H](Nc1ncnc2ccccc12)C(=O)O)[C@@H]1CCCN(CCCc2ccc3c(n2)NCCC3)C1. The molecule has 10 nitrogen and oxygen atoms in total. The van der Waals surface area contributed by atoms with Gasteiger partial charge in [0.05, 0.1) is 11.4 Å². The highest BCUT2D eigenvalue weighted by molar-refractivity contribution is 5.91. The number of carboxylic acid groups (broad SMARTS) is 1. The van der Waals surface area contributed by atoms with E-state index in [1.165, 1.54) is 11.9 Å². The third-order valence-electron chi connectivity index (χ3n) is 7.37. The minimum absolute atomic E-state index is 0.0268. The van der Waals surface area contributed by atoms with Crippen LogP contribution in [0.1, 0.15) is 36.9 Å². The third kappa shape index (κ3) is 6.36. The first-order chi connectivity index (χ1) is 18.6. The van der Waals surface area contributed by atoms with Gasteiger partial charge in [0, 0.05) is 30.7 Å². The zero-order valence-electron chi connectivity index (χ0n) is 21.5. The maximum atomic E-state index is 13.0. The summed E-state index contributed by atoms with van der Waals surface area (Å²) in [6.45, 7) is 3.54. The number of rotatable bonds is 10. The number of anilines is 2. The highest BCUT2D eigenvalue weighted by Gasteiger charge is 2.27. The summed E-state index contributed by atoms with van der Waals surface area (Å²) in [7, 11) is 0. The molecule has 0 saturated carbocycles. The summed E-state index contributed by atoms with van der Waals surface area (Å²) in [4.78, 5) is 40.4. The number of likely N-dealkylation sites (tertiary alicyclic amines) is 1. The number of carbonyl (C=O) groups is 2. The number of para-hydroxylation sites is 1. The fourth-order valence-electron chi connectivity index (χ4n) is 5.30. The number of benzene rings is 1. The number of hydrogen-bond donors (Lipinski definition) is 4. The van der Waals surface area contributed by atoms with Crippen molar-refractivity contribution in [2.24, 2.45) is 5.92 Å². The van der Waals surface area contributed by atoms with Gasteiger partial charge in [0.15, 0.2) is 0 Å². The molecule has 1 saturated heterocycles. The lowest BCUT2D eigenvalue weighted by Gasteiger charge is -2.32. The average molecular weight is 518 g/mol. The number of piperidine rings is 1. The van der Waals surface area contributed by atoms with E-state index in [9.17, 15) is 14.7 Å². The second-order valence-electron chi connectivity index (χ2n) is 10.1. The number of hydrogen-bond acceptors (Lipinski definition) is 8. The lowest BCUT2D eigenvalue weighted by atomic mass is 9.96. The Morgan fingerprint density at radius 3 is 2.95 bits per heavy atom. The van der Waals surface area contributed by atoms with Crippen LogP contribution in [0.3, 0.4) is 0 Å². The molecule has 1 amide bonds. The normalized spacial score (nSPS) is 18.3. The maximum absolute atomic E-state index is 13.0. The Kier molecular flexibility index (Phi) is 8.28. The van der Waals surface area contributed by atoms with Gasteiger partial charge in [-0.15, -0.1) is 0 Å². The van der Waals surface area contributed by atoms with Gasteiger partial charge in [0.25, 0.3) is 0 Å². The second kappa shape index (κ2) is 12.2. The third-order valence-corrected chi connectivity index (χ3v) is 7.37. The summed E-state index contributed by atoms with van der Waals surface area (Å²) in [6.07, 6.45) is 7.30. The quantitative estimate of drug-likeness (QED) is 0.320. The molecule has 5 rings (SSSR count). The smallest absolute Gasteiger partial charge is 0.328 e. The molecule has 10 heteroatoms. The summed E-state index contributed by atoms with van der Waals surface area (Å²) < 4.78 is 0. The van der Waals surface area contributed by atoms with Crippen LogP contribution in [0.2, 0.25) is 0 Å². The molecule has 0 unspecified atom stereocenters. The number of carbonyl (C=O) groups excluding carboxylic acids is 1. The molecule has 0 aliphatic carbocycles. The van der Waals surface area contributed by atoms with E-state index in [0.29, 0.717) is 12.4 Å². The van der Waals surface area contributed by atoms with E-state index in [4.69, 9.17) is 4.98 Å². The van der Waals surface area contributed by atoms with Gasteiger partial charge >= 0.3 is 5.97 Å². The van der Waals surface area contributed by atoms with Gasteiger partial charge in [-0.3, -0.25) is 4.79 Å². The van der Waals surface area contributed by atoms with Gasteiger partial charge in [-0.1, -0.05) is 18.2 Å². The molecular formula is C28H35N7O3. The molecule has 0 spiro atoms. The number of aromatic nitrogens is 3. The van der Waals surface area contributed by atoms with Gasteiger partial charge in [0.2, 0.25) is 5.91 Å². The van der Waals surface area contributed by atoms with Crippen LogP contribution in [0, 0.1) is 5.92 Å². The lowest BCUT2D eigenvalue weighted by Crippen LogP contribution is -2.47. The lowest BCUT2D eigenvalue weighted by molar-refractivity contribution is -0.138. The van der Waals surface area contributed by atoms with Crippen molar-refractivity contribution in [2.75, 3.05) is 43.4 Å². The zero-order chi connectivity index (χ0) is 26.3. The highest BCUT2D eigenvalue weighted by atomic mass is 16.4. The second-order valence-corrected chi connectivity index (χ2v) is 10.1. The van der Waals surface area contributed by atoms with Crippen molar-refractivity contribution in [2.45, 2.75) is 44.6 Å². The van der Waals surface area contributed by atoms with Crippen molar-refractivity contribution in [3.63, 3.8) is 0 Å². The summed E-state index contributed by atoms with van der Waals surface area (Å²) in [6, 6.07) is 10.7. The van der Waals surface area contributed by atoms with Gasteiger partial charge in [0.1, 0.15) is 24.0 Å². The fraction of sp³-hybridized carbons (Fsp3) is 0.464. The van der Waals surface area contributed by atoms with E-state index >= 15 is 0 Å². The molecule has 2 aliphatic heterocycles. The Hall–Kier alpha value is -3.79. The van der Waals surface area contributed by atoms with Crippen LogP contribution in [0.5, 0.6) is 0 Å². The monoisotopic (exact) mass is 517 g/mol. The number of pyridine rings is 1. The van der Waals surface area contributed by atoms with E-state index in [-0.39, 0.29) is 18.4 Å². The Morgan fingerprint density at radius 2 is 2.05 bits per heavy atom. The van der Waals surface area contributed by atoms with Crippen LogP contribution in [0.4, 0.5) is 11.6 Å². The minimum atomic E-state index is -1.05. The van der Waals surface area contributed by atoms with Crippen molar-refractivity contribution in [3.8, 4) is 0 Å². The number of nitrogens with one attached hydrogen (secondary N) is 3. The van der Waals surface area contributed by atoms with E-state index < -0.39 is 12.0 Å². The molecule has 1 aromatic carbocycles. The first kappa shape index (κ1) is 25.8. The molecule has 4 heterocycles. The van der Waals surface area contributed by atoms with E-state index in [1.807, 2.05) is 24.3 Å². The molecule has 3 aromatic rings. The fourth-order valence-corrected chi connectivity index (χ4v) is 5.30. The minimum Gasteiger partial charge on any atom is -0.480 e. The predicted molar refractivity (Wildman–Crippen MR) is 146 cm³/mol. The van der Waals surface area contributed by atoms with Crippen LogP contribution in [-0.4, -0.2) is 75.6 Å². The van der Waals surface area contributed by atoms with Crippen LogP contribution < -0.4 is 16.0 Å². The average Bonchev–Trinajstić information content (AvgIpc) is 2.95. The summed E-state index contributed by atoms with van der Waals surface area (Å²) in [5, 5.41) is 19.7. The number of aliphatic carboxylic acids is 1. The first-order valence-corrected chi connectivity index (χ1v) is 13.5.